The van der Waals surface area contributed by atoms with Gasteiger partial charge in [-0.25, -0.2) is 0 Å². The quantitative estimate of drug-likeness (QED) is 0.609. The molecule has 0 atom stereocenters. The van der Waals surface area contributed by atoms with Gasteiger partial charge < -0.3 is 5.11 Å². The van der Waals surface area contributed by atoms with Gasteiger partial charge >= 0.3 is 0 Å². The van der Waals surface area contributed by atoms with Crippen molar-refractivity contribution in [2.75, 3.05) is 13.1 Å². The summed E-state index contributed by atoms with van der Waals surface area (Å²) in [6.07, 6.45) is 1.62. The first-order chi connectivity index (χ1) is 5.00. The van der Waals surface area contributed by atoms with E-state index in [4.69, 9.17) is 6.92 Å². The Hall–Kier alpha value is -0.0800. The lowest BCUT2D eigenvalue weighted by molar-refractivity contribution is 0.0469. The van der Waals surface area contributed by atoms with E-state index in [2.05, 4.69) is 4.90 Å². The Morgan fingerprint density at radius 1 is 1.36 bits per heavy atom. The highest BCUT2D eigenvalue weighted by Gasteiger charge is 2.25. The van der Waals surface area contributed by atoms with Crippen LogP contribution in [0.15, 0.2) is 0 Å². The number of aliphatic hydroxyl groups excluding tert-OH is 1. The highest BCUT2D eigenvalue weighted by Crippen LogP contribution is 2.19. The number of nitrogens with zero attached hydrogens (tertiary/aromatic N) is 1. The summed E-state index contributed by atoms with van der Waals surface area (Å²) in [7, 11) is 0. The van der Waals surface area contributed by atoms with E-state index >= 15 is 0 Å². The van der Waals surface area contributed by atoms with Gasteiger partial charge in [-0.2, -0.15) is 0 Å². The minimum atomic E-state index is -0.222. The van der Waals surface area contributed by atoms with Gasteiger partial charge in [0.1, 0.15) is 0 Å². The van der Waals surface area contributed by atoms with E-state index in [0.29, 0.717) is 0 Å². The average Bonchev–Trinajstić information content (AvgIpc) is 1.86. The van der Waals surface area contributed by atoms with Crippen LogP contribution in [-0.2, 0) is 0 Å². The van der Waals surface area contributed by atoms with Crippen LogP contribution in [-0.4, -0.2) is 34.7 Å². The third kappa shape index (κ3) is 2.46. The van der Waals surface area contributed by atoms with Crippen molar-refractivity contribution in [1.82, 2.24) is 4.90 Å². The normalized spacial score (nSPS) is 24.0. The molecule has 1 rings (SSSR count). The molecule has 0 unspecified atom stereocenters. The summed E-state index contributed by atoms with van der Waals surface area (Å²) in [4.78, 5) is 2.21. The maximum absolute atomic E-state index is 9.23. The second-order valence-corrected chi connectivity index (χ2v) is 3.87. The summed E-state index contributed by atoms with van der Waals surface area (Å²) in [5.41, 5.74) is -0.222. The van der Waals surface area contributed by atoms with Crippen molar-refractivity contribution in [2.45, 2.75) is 38.3 Å². The lowest BCUT2D eigenvalue weighted by atomic mass is 10.00. The molecule has 11 heavy (non-hydrogen) atoms. The lowest BCUT2D eigenvalue weighted by Crippen LogP contribution is -2.47. The Kier molecular flexibility index (Phi) is 2.55. The molecule has 0 aromatic rings. The predicted molar refractivity (Wildman–Crippen MR) is 45.2 cm³/mol. The molecule has 0 bridgehead atoms. The molecule has 0 aromatic carbocycles. The van der Waals surface area contributed by atoms with Crippen molar-refractivity contribution in [3.05, 3.63) is 6.92 Å². The van der Waals surface area contributed by atoms with Crippen molar-refractivity contribution in [1.29, 1.82) is 0 Å². The largest absolute Gasteiger partial charge is 0.393 e. The van der Waals surface area contributed by atoms with Gasteiger partial charge in [-0.1, -0.05) is 0 Å². The van der Waals surface area contributed by atoms with Gasteiger partial charge in [-0.3, -0.25) is 4.90 Å². The Morgan fingerprint density at radius 3 is 2.18 bits per heavy atom. The van der Waals surface area contributed by atoms with E-state index in [0.717, 1.165) is 25.9 Å². The number of hydrogen-bond acceptors (Lipinski definition) is 2. The molecule has 1 aliphatic heterocycles. The molecule has 0 aromatic heterocycles. The molecular formula is C9H17NO. The molecule has 2 heteroatoms. The molecule has 1 saturated heterocycles. The minimum absolute atomic E-state index is 0.103. The molecule has 1 aliphatic rings. The summed E-state index contributed by atoms with van der Waals surface area (Å²) in [5.74, 6) is 0. The summed E-state index contributed by atoms with van der Waals surface area (Å²) in [5, 5.41) is 9.23. The minimum Gasteiger partial charge on any atom is -0.393 e. The topological polar surface area (TPSA) is 23.5 Å². The SMILES string of the molecule is [CH]C(C)(C)N1CCC(O)CC1. The first-order valence-corrected chi connectivity index (χ1v) is 4.22. The molecule has 64 valence electrons. The van der Waals surface area contributed by atoms with Crippen LogP contribution < -0.4 is 0 Å². The van der Waals surface area contributed by atoms with Crippen LogP contribution in [0.2, 0.25) is 0 Å². The van der Waals surface area contributed by atoms with Crippen molar-refractivity contribution in [2.24, 2.45) is 0 Å². The third-order valence-electron chi connectivity index (χ3n) is 2.28. The molecule has 0 saturated carbocycles. The summed E-state index contributed by atoms with van der Waals surface area (Å²) in [6, 6.07) is 0. The maximum Gasteiger partial charge on any atom is 0.0564 e. The maximum atomic E-state index is 9.23. The van der Waals surface area contributed by atoms with Crippen LogP contribution in [0.25, 0.3) is 0 Å². The van der Waals surface area contributed by atoms with Crippen molar-refractivity contribution >= 4 is 0 Å². The van der Waals surface area contributed by atoms with Gasteiger partial charge in [0.2, 0.25) is 0 Å². The Morgan fingerprint density at radius 2 is 1.82 bits per heavy atom. The lowest BCUT2D eigenvalue weighted by Gasteiger charge is -2.39. The van der Waals surface area contributed by atoms with E-state index in [1.165, 1.54) is 0 Å². The number of likely N-dealkylation sites (tertiary alicyclic amines) is 1. The summed E-state index contributed by atoms with van der Waals surface area (Å²) >= 11 is 0. The molecule has 2 nitrogen and oxygen atoms in total. The molecule has 1 N–H and O–H groups in total. The Balaban J connectivity index is 2.39. The fourth-order valence-corrected chi connectivity index (χ4v) is 1.44. The van der Waals surface area contributed by atoms with Crippen molar-refractivity contribution < 1.29 is 5.11 Å². The van der Waals surface area contributed by atoms with Gasteiger partial charge in [0.25, 0.3) is 0 Å². The zero-order valence-electron chi connectivity index (χ0n) is 7.38. The summed E-state index contributed by atoms with van der Waals surface area (Å²) < 4.78 is 0. The fraction of sp³-hybridized carbons (Fsp3) is 0.889. The van der Waals surface area contributed by atoms with E-state index in [-0.39, 0.29) is 11.6 Å². The van der Waals surface area contributed by atoms with Crippen LogP contribution >= 0.6 is 0 Å². The standard InChI is InChI=1S/C9H17NO/c1-9(2,3)10-6-4-8(11)5-7-10/h1,8,11H,4-7H2,2-3H3. The Bertz CT molecular complexity index is 120. The fourth-order valence-electron chi connectivity index (χ4n) is 1.44. The van der Waals surface area contributed by atoms with Crippen LogP contribution in [0.5, 0.6) is 0 Å². The van der Waals surface area contributed by atoms with Crippen molar-refractivity contribution in [3.63, 3.8) is 0 Å². The highest BCUT2D eigenvalue weighted by atomic mass is 16.3. The zero-order valence-corrected chi connectivity index (χ0v) is 7.38. The van der Waals surface area contributed by atoms with Crippen LogP contribution in [0.1, 0.15) is 26.7 Å². The van der Waals surface area contributed by atoms with Gasteiger partial charge in [-0.05, 0) is 33.6 Å². The zero-order chi connectivity index (χ0) is 8.48. The van der Waals surface area contributed by atoms with Crippen LogP contribution in [0, 0.1) is 6.92 Å². The number of piperidine rings is 1. The van der Waals surface area contributed by atoms with Gasteiger partial charge in [-0.15, -0.1) is 0 Å². The van der Waals surface area contributed by atoms with Crippen LogP contribution in [0.4, 0.5) is 0 Å². The smallest absolute Gasteiger partial charge is 0.0564 e. The third-order valence-corrected chi connectivity index (χ3v) is 2.28. The molecule has 1 heterocycles. The number of rotatable bonds is 1. The van der Waals surface area contributed by atoms with E-state index in [1.807, 2.05) is 13.8 Å². The number of aliphatic hydroxyl groups is 1. The van der Waals surface area contributed by atoms with E-state index in [1.54, 1.807) is 0 Å². The summed E-state index contributed by atoms with van der Waals surface area (Å²) in [6.45, 7) is 11.8. The van der Waals surface area contributed by atoms with Gasteiger partial charge in [0.05, 0.1) is 6.10 Å². The first-order valence-electron chi connectivity index (χ1n) is 4.22. The molecule has 0 amide bonds. The van der Waals surface area contributed by atoms with E-state index in [9.17, 15) is 5.11 Å². The van der Waals surface area contributed by atoms with Gasteiger partial charge in [0.15, 0.2) is 0 Å². The molecule has 0 aliphatic carbocycles. The predicted octanol–water partition coefficient (Wildman–Crippen LogP) is 0.933. The molecule has 2 radical (unpaired) electrons. The Labute approximate surface area is 69.2 Å². The van der Waals surface area contributed by atoms with Crippen LogP contribution in [0.3, 0.4) is 0 Å². The van der Waals surface area contributed by atoms with Crippen molar-refractivity contribution in [3.8, 4) is 0 Å². The second-order valence-electron chi connectivity index (χ2n) is 3.87. The molecule has 0 spiro atoms. The first kappa shape index (κ1) is 9.01. The second kappa shape index (κ2) is 3.11. The van der Waals surface area contributed by atoms with Gasteiger partial charge in [0, 0.05) is 18.6 Å². The molecule has 1 fully saturated rings. The number of hydrogen-bond donors (Lipinski definition) is 1. The molecular weight excluding hydrogens is 138 g/mol. The average molecular weight is 155 g/mol. The van der Waals surface area contributed by atoms with E-state index < -0.39 is 0 Å². The monoisotopic (exact) mass is 155 g/mol. The highest BCUT2D eigenvalue weighted by molar-refractivity contribution is 4.86.